The van der Waals surface area contributed by atoms with E-state index in [9.17, 15) is 8.42 Å². The molecule has 3 aromatic rings. The molecule has 23 heavy (non-hydrogen) atoms. The molecule has 4 nitrogen and oxygen atoms in total. The smallest absolute Gasteiger partial charge is 0.239 e. The molecular weight excluding hydrogens is 348 g/mol. The monoisotopic (exact) mass is 364 g/mol. The molecule has 0 saturated carbocycles. The van der Waals surface area contributed by atoms with Gasteiger partial charge in [-0.3, -0.25) is 0 Å². The molecule has 7 heteroatoms. The molecule has 1 fully saturated rings. The Morgan fingerprint density at radius 2 is 2.00 bits per heavy atom. The zero-order valence-electron chi connectivity index (χ0n) is 12.6. The van der Waals surface area contributed by atoms with Crippen molar-refractivity contribution < 1.29 is 8.42 Å². The predicted molar refractivity (Wildman–Crippen MR) is 94.5 cm³/mol. The molecule has 120 valence electrons. The second-order valence-corrected chi connectivity index (χ2v) is 10.1. The van der Waals surface area contributed by atoms with Gasteiger partial charge >= 0.3 is 0 Å². The molecule has 0 radical (unpaired) electrons. The fourth-order valence-electron chi connectivity index (χ4n) is 2.97. The van der Waals surface area contributed by atoms with Crippen LogP contribution in [0.5, 0.6) is 0 Å². The van der Waals surface area contributed by atoms with Crippen molar-refractivity contribution in [3.05, 3.63) is 46.3 Å². The van der Waals surface area contributed by atoms with Gasteiger partial charge < -0.3 is 0 Å². The number of thiazole rings is 1. The second kappa shape index (κ2) is 5.66. The van der Waals surface area contributed by atoms with Crippen LogP contribution in [-0.2, 0) is 10.0 Å². The molecule has 2 aromatic heterocycles. The van der Waals surface area contributed by atoms with Gasteiger partial charge in [-0.2, -0.15) is 4.31 Å². The lowest BCUT2D eigenvalue weighted by molar-refractivity contribution is 0.397. The van der Waals surface area contributed by atoms with Gasteiger partial charge in [0, 0.05) is 11.4 Å². The van der Waals surface area contributed by atoms with Crippen molar-refractivity contribution in [2.45, 2.75) is 30.0 Å². The van der Waals surface area contributed by atoms with Crippen molar-refractivity contribution in [2.24, 2.45) is 0 Å². The van der Waals surface area contributed by atoms with Gasteiger partial charge in [0.15, 0.2) is 0 Å². The summed E-state index contributed by atoms with van der Waals surface area (Å²) in [6, 6.07) is 11.4. The first kappa shape index (κ1) is 15.3. The van der Waals surface area contributed by atoms with E-state index in [1.165, 1.54) is 11.3 Å². The van der Waals surface area contributed by atoms with E-state index < -0.39 is 10.0 Å². The lowest BCUT2D eigenvalue weighted by Crippen LogP contribution is -2.30. The van der Waals surface area contributed by atoms with Gasteiger partial charge in [-0.15, -0.1) is 22.7 Å². The lowest BCUT2D eigenvalue weighted by atomic mass is 10.2. The molecule has 1 aromatic carbocycles. The lowest BCUT2D eigenvalue weighted by Gasteiger charge is -2.21. The van der Waals surface area contributed by atoms with Crippen molar-refractivity contribution in [3.63, 3.8) is 0 Å². The van der Waals surface area contributed by atoms with E-state index in [2.05, 4.69) is 4.98 Å². The van der Waals surface area contributed by atoms with Crippen molar-refractivity contribution >= 4 is 42.9 Å². The Kier molecular flexibility index (Phi) is 3.76. The first-order valence-corrected chi connectivity index (χ1v) is 10.6. The summed E-state index contributed by atoms with van der Waals surface area (Å²) < 4.78 is 29.1. The average molecular weight is 365 g/mol. The summed E-state index contributed by atoms with van der Waals surface area (Å²) in [5.41, 5.74) is 0.948. The Bertz CT molecular complexity index is 926. The van der Waals surface area contributed by atoms with Gasteiger partial charge in [-0.1, -0.05) is 12.1 Å². The van der Waals surface area contributed by atoms with Gasteiger partial charge in [0.25, 0.3) is 10.0 Å². The Balaban J connectivity index is 1.74. The number of aryl methyl sites for hydroxylation is 1. The second-order valence-electron chi connectivity index (χ2n) is 5.66. The Hall–Kier alpha value is -1.28. The molecule has 4 rings (SSSR count). The first-order valence-electron chi connectivity index (χ1n) is 7.49. The molecule has 0 bridgehead atoms. The Labute approximate surface area is 143 Å². The standard InChI is InChI=1S/C16H16N2O2S3/c1-11-8-9-15(21-11)23(19,20)18-10-4-6-13(18)16-17-12-5-2-3-7-14(12)22-16/h2-3,5,7-9,13H,4,6,10H2,1H3/t13-/m1/s1. The molecule has 1 aliphatic heterocycles. The highest BCUT2D eigenvalue weighted by Gasteiger charge is 2.38. The summed E-state index contributed by atoms with van der Waals surface area (Å²) in [5, 5.41) is 0.903. The average Bonchev–Trinajstić information content (AvgIpc) is 3.25. The van der Waals surface area contributed by atoms with Gasteiger partial charge in [0.1, 0.15) is 9.22 Å². The summed E-state index contributed by atoms with van der Waals surface area (Å²) >= 11 is 2.94. The maximum Gasteiger partial charge on any atom is 0.253 e. The predicted octanol–water partition coefficient (Wildman–Crippen LogP) is 4.19. The number of thiophene rings is 1. The van der Waals surface area contributed by atoms with Crippen LogP contribution < -0.4 is 0 Å². The zero-order valence-corrected chi connectivity index (χ0v) is 15.0. The fourth-order valence-corrected chi connectivity index (χ4v) is 7.23. The summed E-state index contributed by atoms with van der Waals surface area (Å²) in [6.45, 7) is 2.50. The number of rotatable bonds is 3. The van der Waals surface area contributed by atoms with Gasteiger partial charge in [0.2, 0.25) is 0 Å². The molecule has 0 amide bonds. The Morgan fingerprint density at radius 3 is 2.74 bits per heavy atom. The number of hydrogen-bond acceptors (Lipinski definition) is 5. The van der Waals surface area contributed by atoms with Crippen LogP contribution in [0.1, 0.15) is 28.8 Å². The van der Waals surface area contributed by atoms with Crippen LogP contribution >= 0.6 is 22.7 Å². The summed E-state index contributed by atoms with van der Waals surface area (Å²) in [7, 11) is -3.43. The summed E-state index contributed by atoms with van der Waals surface area (Å²) in [5.74, 6) is 0. The van der Waals surface area contributed by atoms with Crippen LogP contribution in [0.3, 0.4) is 0 Å². The van der Waals surface area contributed by atoms with Gasteiger partial charge in [0.05, 0.1) is 16.3 Å². The van der Waals surface area contributed by atoms with Gasteiger partial charge in [-0.25, -0.2) is 13.4 Å². The van der Waals surface area contributed by atoms with Gasteiger partial charge in [-0.05, 0) is 44.0 Å². The molecule has 0 aliphatic carbocycles. The number of fused-ring (bicyclic) bond motifs is 1. The molecule has 0 N–H and O–H groups in total. The molecule has 1 atom stereocenters. The van der Waals surface area contributed by atoms with Crippen molar-refractivity contribution in [2.75, 3.05) is 6.54 Å². The summed E-state index contributed by atoms with van der Waals surface area (Å²) in [6.07, 6.45) is 1.72. The molecule has 1 saturated heterocycles. The summed E-state index contributed by atoms with van der Waals surface area (Å²) in [4.78, 5) is 5.69. The first-order chi connectivity index (χ1) is 11.1. The third-order valence-corrected chi connectivity index (χ3v) is 8.59. The number of aromatic nitrogens is 1. The van der Waals surface area contributed by atoms with E-state index in [1.54, 1.807) is 21.7 Å². The van der Waals surface area contributed by atoms with E-state index in [0.717, 1.165) is 32.9 Å². The topological polar surface area (TPSA) is 50.3 Å². The maximum atomic E-state index is 13.0. The van der Waals surface area contributed by atoms with Crippen LogP contribution in [0.25, 0.3) is 10.2 Å². The number of hydrogen-bond donors (Lipinski definition) is 0. The third-order valence-electron chi connectivity index (χ3n) is 4.08. The molecule has 0 spiro atoms. The van der Waals surface area contributed by atoms with Crippen molar-refractivity contribution in [3.8, 4) is 0 Å². The highest BCUT2D eigenvalue weighted by atomic mass is 32.2. The van der Waals surface area contributed by atoms with Crippen LogP contribution in [-0.4, -0.2) is 24.3 Å². The SMILES string of the molecule is Cc1ccc(S(=O)(=O)N2CCC[C@@H]2c2nc3ccccc3s2)s1. The minimum Gasteiger partial charge on any atom is -0.239 e. The number of benzene rings is 1. The van der Waals surface area contributed by atoms with E-state index in [0.29, 0.717) is 10.8 Å². The zero-order chi connectivity index (χ0) is 16.0. The third kappa shape index (κ3) is 2.61. The van der Waals surface area contributed by atoms with E-state index in [4.69, 9.17) is 0 Å². The molecular formula is C16H16N2O2S3. The Morgan fingerprint density at radius 1 is 1.17 bits per heavy atom. The number of para-hydroxylation sites is 1. The highest BCUT2D eigenvalue weighted by Crippen LogP contribution is 2.40. The minimum atomic E-state index is -3.43. The van der Waals surface area contributed by atoms with Crippen LogP contribution in [0.4, 0.5) is 0 Å². The minimum absolute atomic E-state index is 0.139. The highest BCUT2D eigenvalue weighted by molar-refractivity contribution is 7.91. The van der Waals surface area contributed by atoms with Crippen LogP contribution in [0, 0.1) is 6.92 Å². The van der Waals surface area contributed by atoms with Crippen LogP contribution in [0.2, 0.25) is 0 Å². The number of nitrogens with zero attached hydrogens (tertiary/aromatic N) is 2. The molecule has 3 heterocycles. The molecule has 1 aliphatic rings. The molecule has 0 unspecified atom stereocenters. The number of sulfonamides is 1. The van der Waals surface area contributed by atoms with Crippen molar-refractivity contribution in [1.29, 1.82) is 0 Å². The van der Waals surface area contributed by atoms with E-state index in [1.807, 2.05) is 37.3 Å². The maximum absolute atomic E-state index is 13.0. The van der Waals surface area contributed by atoms with Crippen molar-refractivity contribution in [1.82, 2.24) is 9.29 Å². The fraction of sp³-hybridized carbons (Fsp3) is 0.312. The quantitative estimate of drug-likeness (QED) is 0.700. The van der Waals surface area contributed by atoms with E-state index >= 15 is 0 Å². The van der Waals surface area contributed by atoms with E-state index in [-0.39, 0.29) is 6.04 Å². The van der Waals surface area contributed by atoms with Crippen LogP contribution in [0.15, 0.2) is 40.6 Å². The normalized spacial score (nSPS) is 19.6. The largest absolute Gasteiger partial charge is 0.253 e.